The molecule has 0 heterocycles. The third-order valence-corrected chi connectivity index (χ3v) is 2.12. The van der Waals surface area contributed by atoms with Gasteiger partial charge < -0.3 is 15.9 Å². The number of aromatic hydroxyl groups is 1. The Morgan fingerprint density at radius 2 is 2.13 bits per heavy atom. The van der Waals surface area contributed by atoms with Crippen LogP contribution in [-0.2, 0) is 0 Å². The summed E-state index contributed by atoms with van der Waals surface area (Å²) in [6.07, 6.45) is 0.726. The van der Waals surface area contributed by atoms with Crippen LogP contribution in [0.25, 0.3) is 0 Å². The van der Waals surface area contributed by atoms with Crippen molar-refractivity contribution in [3.63, 3.8) is 0 Å². The van der Waals surface area contributed by atoms with Crippen molar-refractivity contribution < 1.29 is 15.0 Å². The Morgan fingerprint density at radius 3 is 2.60 bits per heavy atom. The minimum atomic E-state index is -1.15. The SMILES string of the molecule is CC[C@H](N)c1ccc(O)c(C(=O)O)c1.Cl. The fraction of sp³-hybridized carbons (Fsp3) is 0.300. The van der Waals surface area contributed by atoms with E-state index in [1.165, 1.54) is 12.1 Å². The highest BCUT2D eigenvalue weighted by atomic mass is 35.5. The summed E-state index contributed by atoms with van der Waals surface area (Å²) in [6.45, 7) is 1.91. The quantitative estimate of drug-likeness (QED) is 0.742. The lowest BCUT2D eigenvalue weighted by Crippen LogP contribution is -2.09. The standard InChI is InChI=1S/C10H13NO3.ClH/c1-2-8(11)6-3-4-9(12)7(5-6)10(13)14;/h3-5,8,12H,2,11H2,1H3,(H,13,14);1H/t8-;/m0./s1. The van der Waals surface area contributed by atoms with Crippen LogP contribution in [0.15, 0.2) is 18.2 Å². The molecule has 0 radical (unpaired) electrons. The summed E-state index contributed by atoms with van der Waals surface area (Å²) in [6, 6.07) is 4.21. The van der Waals surface area contributed by atoms with Crippen LogP contribution >= 0.6 is 12.4 Å². The molecule has 0 bridgehead atoms. The topological polar surface area (TPSA) is 83.5 Å². The van der Waals surface area contributed by atoms with Crippen LogP contribution in [0.3, 0.4) is 0 Å². The first kappa shape index (κ1) is 13.7. The number of halogens is 1. The minimum Gasteiger partial charge on any atom is -0.507 e. The van der Waals surface area contributed by atoms with Gasteiger partial charge in [-0.3, -0.25) is 0 Å². The van der Waals surface area contributed by atoms with Crippen LogP contribution in [-0.4, -0.2) is 16.2 Å². The predicted octanol–water partition coefficient (Wildman–Crippen LogP) is 1.92. The van der Waals surface area contributed by atoms with Gasteiger partial charge in [0.2, 0.25) is 0 Å². The molecule has 0 saturated carbocycles. The van der Waals surface area contributed by atoms with Gasteiger partial charge in [-0.1, -0.05) is 13.0 Å². The van der Waals surface area contributed by atoms with Gasteiger partial charge in [0, 0.05) is 6.04 Å². The molecule has 84 valence electrons. The molecular formula is C10H14ClNO3. The first-order valence-corrected chi connectivity index (χ1v) is 4.38. The van der Waals surface area contributed by atoms with Gasteiger partial charge in [-0.15, -0.1) is 12.4 Å². The highest BCUT2D eigenvalue weighted by Gasteiger charge is 2.12. The molecule has 1 atom stereocenters. The lowest BCUT2D eigenvalue weighted by Gasteiger charge is -2.10. The molecule has 0 fully saturated rings. The van der Waals surface area contributed by atoms with Gasteiger partial charge in [-0.05, 0) is 24.1 Å². The predicted molar refractivity (Wildman–Crippen MR) is 59.5 cm³/mol. The van der Waals surface area contributed by atoms with Crippen LogP contribution in [0.2, 0.25) is 0 Å². The minimum absolute atomic E-state index is 0. The van der Waals surface area contributed by atoms with Gasteiger partial charge in [-0.25, -0.2) is 4.79 Å². The summed E-state index contributed by atoms with van der Waals surface area (Å²) in [4.78, 5) is 10.7. The van der Waals surface area contributed by atoms with Crippen LogP contribution in [0.1, 0.15) is 35.3 Å². The van der Waals surface area contributed by atoms with Crippen molar-refractivity contribution in [1.29, 1.82) is 0 Å². The smallest absolute Gasteiger partial charge is 0.339 e. The van der Waals surface area contributed by atoms with Crippen LogP contribution in [0.5, 0.6) is 5.75 Å². The zero-order chi connectivity index (χ0) is 10.7. The molecule has 4 N–H and O–H groups in total. The van der Waals surface area contributed by atoms with E-state index in [4.69, 9.17) is 10.8 Å². The summed E-state index contributed by atoms with van der Waals surface area (Å²) in [7, 11) is 0. The maximum absolute atomic E-state index is 10.7. The molecular weight excluding hydrogens is 218 g/mol. The van der Waals surface area contributed by atoms with Crippen LogP contribution in [0.4, 0.5) is 0 Å². The molecule has 5 heteroatoms. The third-order valence-electron chi connectivity index (χ3n) is 2.12. The number of hydrogen-bond donors (Lipinski definition) is 3. The third kappa shape index (κ3) is 3.11. The Bertz CT molecular complexity index is 355. The molecule has 1 aromatic rings. The van der Waals surface area contributed by atoms with E-state index < -0.39 is 5.97 Å². The Kier molecular flexibility index (Phi) is 5.11. The van der Waals surface area contributed by atoms with Crippen molar-refractivity contribution in [2.24, 2.45) is 5.73 Å². The van der Waals surface area contributed by atoms with Crippen molar-refractivity contribution in [2.45, 2.75) is 19.4 Å². The van der Waals surface area contributed by atoms with Gasteiger partial charge in [-0.2, -0.15) is 0 Å². The Balaban J connectivity index is 0.00000196. The summed E-state index contributed by atoms with van der Waals surface area (Å²) >= 11 is 0. The van der Waals surface area contributed by atoms with Crippen molar-refractivity contribution in [1.82, 2.24) is 0 Å². The number of aromatic carboxylic acids is 1. The molecule has 0 aliphatic carbocycles. The highest BCUT2D eigenvalue weighted by molar-refractivity contribution is 5.90. The molecule has 0 amide bonds. The van der Waals surface area contributed by atoms with E-state index in [-0.39, 0.29) is 29.8 Å². The van der Waals surface area contributed by atoms with Crippen LogP contribution in [0, 0.1) is 0 Å². The van der Waals surface area contributed by atoms with E-state index in [9.17, 15) is 9.90 Å². The number of benzene rings is 1. The number of rotatable bonds is 3. The number of nitrogens with two attached hydrogens (primary N) is 1. The number of carboxylic acids is 1. The van der Waals surface area contributed by atoms with E-state index in [1.54, 1.807) is 6.07 Å². The first-order valence-electron chi connectivity index (χ1n) is 4.38. The fourth-order valence-electron chi connectivity index (χ4n) is 1.19. The molecule has 0 aliphatic rings. The molecule has 1 aromatic carbocycles. The number of hydrogen-bond acceptors (Lipinski definition) is 3. The van der Waals surface area contributed by atoms with Gasteiger partial charge in [0.1, 0.15) is 11.3 Å². The zero-order valence-corrected chi connectivity index (χ0v) is 9.12. The number of carbonyl (C=O) groups is 1. The van der Waals surface area contributed by atoms with Crippen LogP contribution < -0.4 is 5.73 Å². The Morgan fingerprint density at radius 1 is 1.53 bits per heavy atom. The summed E-state index contributed by atoms with van der Waals surface area (Å²) in [5.74, 6) is -1.38. The van der Waals surface area contributed by atoms with Gasteiger partial charge >= 0.3 is 5.97 Å². The second kappa shape index (κ2) is 5.58. The maximum Gasteiger partial charge on any atom is 0.339 e. The highest BCUT2D eigenvalue weighted by Crippen LogP contribution is 2.22. The van der Waals surface area contributed by atoms with Crippen molar-refractivity contribution in [3.05, 3.63) is 29.3 Å². The van der Waals surface area contributed by atoms with Crippen molar-refractivity contribution in [3.8, 4) is 5.75 Å². The maximum atomic E-state index is 10.7. The van der Waals surface area contributed by atoms with E-state index in [0.717, 1.165) is 12.0 Å². The van der Waals surface area contributed by atoms with Crippen molar-refractivity contribution >= 4 is 18.4 Å². The van der Waals surface area contributed by atoms with Crippen molar-refractivity contribution in [2.75, 3.05) is 0 Å². The molecule has 1 rings (SSSR count). The average molecular weight is 232 g/mol. The molecule has 15 heavy (non-hydrogen) atoms. The molecule has 0 unspecified atom stereocenters. The first-order chi connectivity index (χ1) is 6.56. The fourth-order valence-corrected chi connectivity index (χ4v) is 1.19. The van der Waals surface area contributed by atoms with E-state index >= 15 is 0 Å². The number of carboxylic acid groups (broad SMARTS) is 1. The largest absolute Gasteiger partial charge is 0.507 e. The molecule has 0 aliphatic heterocycles. The van der Waals surface area contributed by atoms with E-state index in [1.807, 2.05) is 6.92 Å². The Hall–Kier alpha value is -1.26. The van der Waals surface area contributed by atoms with Gasteiger partial charge in [0.15, 0.2) is 0 Å². The number of phenols is 1. The molecule has 0 saturated heterocycles. The lowest BCUT2D eigenvalue weighted by molar-refractivity contribution is 0.0693. The normalized spacial score (nSPS) is 11.6. The zero-order valence-electron chi connectivity index (χ0n) is 8.30. The molecule has 0 spiro atoms. The molecule has 0 aromatic heterocycles. The lowest BCUT2D eigenvalue weighted by atomic mass is 10.0. The monoisotopic (exact) mass is 231 g/mol. The van der Waals surface area contributed by atoms with E-state index in [0.29, 0.717) is 0 Å². The second-order valence-electron chi connectivity index (χ2n) is 3.10. The second-order valence-corrected chi connectivity index (χ2v) is 3.10. The summed E-state index contributed by atoms with van der Waals surface area (Å²) in [5, 5.41) is 18.0. The Labute approximate surface area is 94.1 Å². The summed E-state index contributed by atoms with van der Waals surface area (Å²) < 4.78 is 0. The van der Waals surface area contributed by atoms with Gasteiger partial charge in [0.05, 0.1) is 0 Å². The molecule has 4 nitrogen and oxygen atoms in total. The summed E-state index contributed by atoms with van der Waals surface area (Å²) in [5.41, 5.74) is 6.36. The average Bonchev–Trinajstić information content (AvgIpc) is 2.17. The van der Waals surface area contributed by atoms with Gasteiger partial charge in [0.25, 0.3) is 0 Å². The van der Waals surface area contributed by atoms with E-state index in [2.05, 4.69) is 0 Å².